The molecule has 4 aromatic rings. The van der Waals surface area contributed by atoms with Crippen LogP contribution in [0.2, 0.25) is 5.02 Å². The van der Waals surface area contributed by atoms with Crippen molar-refractivity contribution < 1.29 is 14.0 Å². The van der Waals surface area contributed by atoms with Crippen LogP contribution in [0.1, 0.15) is 40.5 Å². The zero-order valence-corrected chi connectivity index (χ0v) is 18.9. The van der Waals surface area contributed by atoms with Gasteiger partial charge in [0.25, 0.3) is 5.91 Å². The summed E-state index contributed by atoms with van der Waals surface area (Å²) in [5, 5.41) is 11.1. The van der Waals surface area contributed by atoms with Gasteiger partial charge in [-0.25, -0.2) is 0 Å². The van der Waals surface area contributed by atoms with Crippen molar-refractivity contribution in [2.75, 3.05) is 10.6 Å². The molecule has 2 heterocycles. The second-order valence-corrected chi connectivity index (χ2v) is 8.24. The first-order chi connectivity index (χ1) is 15.2. The van der Waals surface area contributed by atoms with Crippen molar-refractivity contribution in [3.05, 3.63) is 76.3 Å². The summed E-state index contributed by atoms with van der Waals surface area (Å²) in [4.78, 5) is 25.3. The van der Waals surface area contributed by atoms with Crippen molar-refractivity contribution in [2.45, 2.75) is 33.7 Å². The van der Waals surface area contributed by atoms with E-state index in [2.05, 4.69) is 15.7 Å². The molecular formula is C24H23ClN4O3. The lowest BCUT2D eigenvalue weighted by Gasteiger charge is -2.15. The molecule has 0 fully saturated rings. The second-order valence-electron chi connectivity index (χ2n) is 7.84. The highest BCUT2D eigenvalue weighted by molar-refractivity contribution is 6.34. The highest BCUT2D eigenvalue weighted by Crippen LogP contribution is 2.27. The summed E-state index contributed by atoms with van der Waals surface area (Å²) in [5.74, 6) is -0.421. The van der Waals surface area contributed by atoms with Crippen LogP contribution in [0.5, 0.6) is 0 Å². The van der Waals surface area contributed by atoms with Gasteiger partial charge in [-0.2, -0.15) is 5.10 Å². The van der Waals surface area contributed by atoms with Crippen LogP contribution in [0, 0.1) is 20.8 Å². The summed E-state index contributed by atoms with van der Waals surface area (Å²) in [6.07, 6.45) is 0. The first-order valence-electron chi connectivity index (χ1n) is 10.2. The molecular weight excluding hydrogens is 428 g/mol. The number of fused-ring (bicyclic) bond motifs is 1. The van der Waals surface area contributed by atoms with Gasteiger partial charge in [0.2, 0.25) is 5.91 Å². The molecule has 2 aromatic carbocycles. The Balaban J connectivity index is 1.46. The molecule has 164 valence electrons. The van der Waals surface area contributed by atoms with E-state index in [0.29, 0.717) is 22.0 Å². The Hall–Kier alpha value is -3.58. The molecule has 0 radical (unpaired) electrons. The molecule has 0 saturated carbocycles. The summed E-state index contributed by atoms with van der Waals surface area (Å²) in [5.41, 5.74) is 4.41. The number of halogens is 1. The molecule has 8 heteroatoms. The van der Waals surface area contributed by atoms with Gasteiger partial charge in [-0.1, -0.05) is 23.2 Å². The first-order valence-corrected chi connectivity index (χ1v) is 10.5. The number of carbonyl (C=O) groups is 2. The number of hydrogen-bond acceptors (Lipinski definition) is 4. The maximum absolute atomic E-state index is 12.7. The first kappa shape index (κ1) is 21.6. The van der Waals surface area contributed by atoms with Gasteiger partial charge in [-0.15, -0.1) is 0 Å². The Morgan fingerprint density at radius 2 is 1.81 bits per heavy atom. The van der Waals surface area contributed by atoms with Gasteiger partial charge in [-0.05, 0) is 70.2 Å². The SMILES string of the molecule is Cc1ccc2oc(C(=O)Nc3ccc(NC(=O)C(C)n4nc(C)cc4C)c(Cl)c3)cc2c1. The van der Waals surface area contributed by atoms with E-state index in [1.54, 1.807) is 35.9 Å². The van der Waals surface area contributed by atoms with Crippen LogP contribution >= 0.6 is 11.6 Å². The van der Waals surface area contributed by atoms with Crippen molar-refractivity contribution in [1.82, 2.24) is 9.78 Å². The fourth-order valence-electron chi connectivity index (χ4n) is 3.55. The standard InChI is InChI=1S/C24H23ClN4O3/c1-13-5-8-21-17(9-13)11-22(32-21)24(31)26-18-6-7-20(19(25)12-18)27-23(30)16(4)29-15(3)10-14(2)28-29/h5-12,16H,1-4H3,(H,26,31)(H,27,30). The van der Waals surface area contributed by atoms with E-state index in [0.717, 1.165) is 22.3 Å². The molecule has 0 saturated heterocycles. The number of carbonyl (C=O) groups excluding carboxylic acids is 2. The predicted molar refractivity (Wildman–Crippen MR) is 125 cm³/mol. The number of anilines is 2. The number of amides is 2. The van der Waals surface area contributed by atoms with E-state index in [-0.39, 0.29) is 17.6 Å². The Morgan fingerprint density at radius 3 is 2.50 bits per heavy atom. The summed E-state index contributed by atoms with van der Waals surface area (Å²) in [6.45, 7) is 7.53. The molecule has 1 unspecified atom stereocenters. The smallest absolute Gasteiger partial charge is 0.291 e. The molecule has 0 spiro atoms. The van der Waals surface area contributed by atoms with Crippen LogP contribution < -0.4 is 10.6 Å². The fraction of sp³-hybridized carbons (Fsp3) is 0.208. The third kappa shape index (κ3) is 4.38. The maximum Gasteiger partial charge on any atom is 0.291 e. The lowest BCUT2D eigenvalue weighted by Crippen LogP contribution is -2.25. The molecule has 32 heavy (non-hydrogen) atoms. The average molecular weight is 451 g/mol. The van der Waals surface area contributed by atoms with Gasteiger partial charge in [0.15, 0.2) is 5.76 Å². The molecule has 1 atom stereocenters. The molecule has 4 rings (SSSR count). The van der Waals surface area contributed by atoms with Crippen LogP contribution in [0.25, 0.3) is 11.0 Å². The van der Waals surface area contributed by atoms with Gasteiger partial charge in [0, 0.05) is 16.8 Å². The molecule has 2 amide bonds. The molecule has 2 aromatic heterocycles. The lowest BCUT2D eigenvalue weighted by molar-refractivity contribution is -0.119. The number of furan rings is 1. The highest BCUT2D eigenvalue weighted by Gasteiger charge is 2.19. The molecule has 0 bridgehead atoms. The zero-order valence-electron chi connectivity index (χ0n) is 18.2. The lowest BCUT2D eigenvalue weighted by atomic mass is 10.2. The fourth-order valence-corrected chi connectivity index (χ4v) is 3.78. The number of rotatable bonds is 5. The molecule has 0 aliphatic heterocycles. The van der Waals surface area contributed by atoms with E-state index in [1.165, 1.54) is 0 Å². The van der Waals surface area contributed by atoms with E-state index in [9.17, 15) is 9.59 Å². The van der Waals surface area contributed by atoms with Crippen molar-refractivity contribution in [1.29, 1.82) is 0 Å². The van der Waals surface area contributed by atoms with E-state index >= 15 is 0 Å². The monoisotopic (exact) mass is 450 g/mol. The number of aryl methyl sites for hydroxylation is 3. The Labute approximate surface area is 190 Å². The molecule has 0 aliphatic carbocycles. The second kappa shape index (κ2) is 8.51. The van der Waals surface area contributed by atoms with Crippen LogP contribution in [-0.2, 0) is 4.79 Å². The van der Waals surface area contributed by atoms with E-state index in [4.69, 9.17) is 16.0 Å². The normalized spacial score (nSPS) is 12.0. The van der Waals surface area contributed by atoms with E-state index < -0.39 is 6.04 Å². The number of hydrogen-bond donors (Lipinski definition) is 2. The number of nitrogens with zero attached hydrogens (tertiary/aromatic N) is 2. The Kier molecular flexibility index (Phi) is 5.76. The van der Waals surface area contributed by atoms with Gasteiger partial charge in [0.05, 0.1) is 16.4 Å². The highest BCUT2D eigenvalue weighted by atomic mass is 35.5. The number of nitrogens with one attached hydrogen (secondary N) is 2. The minimum Gasteiger partial charge on any atom is -0.451 e. The van der Waals surface area contributed by atoms with Crippen molar-refractivity contribution >= 4 is 45.8 Å². The van der Waals surface area contributed by atoms with Gasteiger partial charge < -0.3 is 15.1 Å². The molecule has 0 aliphatic rings. The third-order valence-electron chi connectivity index (χ3n) is 5.17. The van der Waals surface area contributed by atoms with Gasteiger partial charge in [0.1, 0.15) is 11.6 Å². The topological polar surface area (TPSA) is 89.2 Å². The number of benzene rings is 2. The minimum atomic E-state index is -0.504. The Morgan fingerprint density at radius 1 is 1.03 bits per heavy atom. The molecule has 7 nitrogen and oxygen atoms in total. The van der Waals surface area contributed by atoms with Crippen LogP contribution in [0.15, 0.2) is 52.9 Å². The van der Waals surface area contributed by atoms with Crippen LogP contribution in [0.3, 0.4) is 0 Å². The van der Waals surface area contributed by atoms with Crippen molar-refractivity contribution in [3.8, 4) is 0 Å². The van der Waals surface area contributed by atoms with Crippen LogP contribution in [0.4, 0.5) is 11.4 Å². The van der Waals surface area contributed by atoms with Crippen molar-refractivity contribution in [3.63, 3.8) is 0 Å². The van der Waals surface area contributed by atoms with Crippen molar-refractivity contribution in [2.24, 2.45) is 0 Å². The summed E-state index contributed by atoms with van der Waals surface area (Å²) in [7, 11) is 0. The minimum absolute atomic E-state index is 0.206. The van der Waals surface area contributed by atoms with Gasteiger partial charge >= 0.3 is 0 Å². The quantitative estimate of drug-likeness (QED) is 0.410. The zero-order chi connectivity index (χ0) is 23.0. The summed E-state index contributed by atoms with van der Waals surface area (Å²) < 4.78 is 7.30. The van der Waals surface area contributed by atoms with Crippen LogP contribution in [-0.4, -0.2) is 21.6 Å². The predicted octanol–water partition coefficient (Wildman–Crippen LogP) is 5.66. The van der Waals surface area contributed by atoms with Gasteiger partial charge in [-0.3, -0.25) is 14.3 Å². The average Bonchev–Trinajstić information content (AvgIpc) is 3.31. The van der Waals surface area contributed by atoms with E-state index in [1.807, 2.05) is 45.0 Å². The molecule has 2 N–H and O–H groups in total. The maximum atomic E-state index is 12.7. The number of aromatic nitrogens is 2. The Bertz CT molecular complexity index is 1340. The third-order valence-corrected chi connectivity index (χ3v) is 5.48. The largest absolute Gasteiger partial charge is 0.451 e. The summed E-state index contributed by atoms with van der Waals surface area (Å²) in [6, 6.07) is 13.7. The summed E-state index contributed by atoms with van der Waals surface area (Å²) >= 11 is 6.36.